The number of halogens is 1. The summed E-state index contributed by atoms with van der Waals surface area (Å²) < 4.78 is 7.26. The van der Waals surface area contributed by atoms with E-state index in [4.69, 9.17) is 16.0 Å². The van der Waals surface area contributed by atoms with Crippen LogP contribution in [0.4, 0.5) is 0 Å². The Kier molecular flexibility index (Phi) is 3.20. The third kappa shape index (κ3) is 1.83. The largest absolute Gasteiger partial charge is 0.463 e. The van der Waals surface area contributed by atoms with E-state index in [0.29, 0.717) is 22.9 Å². The van der Waals surface area contributed by atoms with Crippen LogP contribution in [0.15, 0.2) is 35.5 Å². The second-order valence-electron chi connectivity index (χ2n) is 3.66. The molecule has 0 saturated heterocycles. The summed E-state index contributed by atoms with van der Waals surface area (Å²) in [6, 6.07) is 3.60. The minimum absolute atomic E-state index is 0.425. The summed E-state index contributed by atoms with van der Waals surface area (Å²) in [7, 11) is 0. The van der Waals surface area contributed by atoms with Crippen molar-refractivity contribution in [2.45, 2.75) is 13.5 Å². The monoisotopic (exact) mass is 249 g/mol. The van der Waals surface area contributed by atoms with Crippen LogP contribution in [0.25, 0.3) is 11.5 Å². The first-order valence-electron chi connectivity index (χ1n) is 5.19. The van der Waals surface area contributed by atoms with E-state index in [1.165, 1.54) is 0 Å². The number of carbonyl (C=O) groups is 1. The smallest absolute Gasteiger partial charge is 0.153 e. The Morgan fingerprint density at radius 1 is 1.59 bits per heavy atom. The van der Waals surface area contributed by atoms with Gasteiger partial charge in [0.2, 0.25) is 0 Å². The lowest BCUT2D eigenvalue weighted by Crippen LogP contribution is -2.00. The normalized spacial score (nSPS) is 10.5. The molecule has 0 amide bonds. The first kappa shape index (κ1) is 11.7. The fourth-order valence-electron chi connectivity index (χ4n) is 1.87. The molecule has 0 atom stereocenters. The summed E-state index contributed by atoms with van der Waals surface area (Å²) in [5.74, 6) is 0.646. The van der Waals surface area contributed by atoms with E-state index in [1.54, 1.807) is 18.4 Å². The fourth-order valence-corrected chi connectivity index (χ4v) is 2.24. The van der Waals surface area contributed by atoms with Gasteiger partial charge in [-0.25, -0.2) is 0 Å². The molecule has 88 valence electrons. The van der Waals surface area contributed by atoms with Gasteiger partial charge in [-0.2, -0.15) is 0 Å². The van der Waals surface area contributed by atoms with E-state index < -0.39 is 0 Å². The molecule has 0 fully saturated rings. The molecular weight excluding hydrogens is 238 g/mol. The maximum absolute atomic E-state index is 11.0. The Labute approximate surface area is 104 Å². The summed E-state index contributed by atoms with van der Waals surface area (Å²) >= 11 is 6.22. The molecule has 17 heavy (non-hydrogen) atoms. The van der Waals surface area contributed by atoms with Crippen LogP contribution in [-0.2, 0) is 6.54 Å². The highest BCUT2D eigenvalue weighted by atomic mass is 35.5. The van der Waals surface area contributed by atoms with E-state index in [2.05, 4.69) is 6.58 Å². The molecule has 0 spiro atoms. The van der Waals surface area contributed by atoms with Crippen LogP contribution >= 0.6 is 11.6 Å². The number of carbonyl (C=O) groups excluding carboxylic acids is 1. The number of hydrogen-bond donors (Lipinski definition) is 0. The van der Waals surface area contributed by atoms with Crippen LogP contribution in [0, 0.1) is 6.92 Å². The Morgan fingerprint density at radius 3 is 2.88 bits per heavy atom. The highest BCUT2D eigenvalue weighted by molar-refractivity contribution is 6.35. The van der Waals surface area contributed by atoms with Crippen molar-refractivity contribution in [3.63, 3.8) is 0 Å². The van der Waals surface area contributed by atoms with Gasteiger partial charge in [-0.1, -0.05) is 17.7 Å². The third-order valence-corrected chi connectivity index (χ3v) is 3.08. The van der Waals surface area contributed by atoms with Crippen LogP contribution in [0.1, 0.15) is 16.1 Å². The highest BCUT2D eigenvalue weighted by Crippen LogP contribution is 2.35. The van der Waals surface area contributed by atoms with Crippen molar-refractivity contribution in [2.24, 2.45) is 0 Å². The lowest BCUT2D eigenvalue weighted by Gasteiger charge is -2.06. The standard InChI is InChI=1S/C13H12ClNO2/c1-3-6-15-9(2)10(8-16)12(14)13(15)11-5-4-7-17-11/h3-5,7-8H,1,6H2,2H3. The van der Waals surface area contributed by atoms with E-state index in [0.717, 1.165) is 17.7 Å². The van der Waals surface area contributed by atoms with E-state index in [-0.39, 0.29) is 0 Å². The molecule has 3 nitrogen and oxygen atoms in total. The zero-order valence-electron chi connectivity index (χ0n) is 9.44. The summed E-state index contributed by atoms with van der Waals surface area (Å²) in [4.78, 5) is 11.0. The Bertz CT molecular complexity index is 552. The molecule has 0 saturated carbocycles. The zero-order valence-corrected chi connectivity index (χ0v) is 10.2. The molecule has 2 aromatic heterocycles. The lowest BCUT2D eigenvalue weighted by molar-refractivity contribution is 0.112. The van der Waals surface area contributed by atoms with Crippen molar-refractivity contribution in [2.75, 3.05) is 0 Å². The van der Waals surface area contributed by atoms with Gasteiger partial charge >= 0.3 is 0 Å². The van der Waals surface area contributed by atoms with E-state index >= 15 is 0 Å². The lowest BCUT2D eigenvalue weighted by atomic mass is 10.2. The number of rotatable bonds is 4. The predicted molar refractivity (Wildman–Crippen MR) is 67.5 cm³/mol. The molecule has 2 aromatic rings. The third-order valence-electron chi connectivity index (χ3n) is 2.69. The van der Waals surface area contributed by atoms with Gasteiger partial charge in [0.05, 0.1) is 16.8 Å². The van der Waals surface area contributed by atoms with Crippen LogP contribution in [-0.4, -0.2) is 10.9 Å². The minimum atomic E-state index is 0.425. The number of aldehydes is 1. The Morgan fingerprint density at radius 2 is 2.35 bits per heavy atom. The summed E-state index contributed by atoms with van der Waals surface area (Å²) in [5.41, 5.74) is 2.03. The van der Waals surface area contributed by atoms with Crippen molar-refractivity contribution in [3.8, 4) is 11.5 Å². The number of hydrogen-bond acceptors (Lipinski definition) is 2. The van der Waals surface area contributed by atoms with Crippen molar-refractivity contribution >= 4 is 17.9 Å². The van der Waals surface area contributed by atoms with Crippen LogP contribution in [0.5, 0.6) is 0 Å². The fraction of sp³-hybridized carbons (Fsp3) is 0.154. The second kappa shape index (κ2) is 4.63. The molecule has 0 aromatic carbocycles. The van der Waals surface area contributed by atoms with Crippen LogP contribution < -0.4 is 0 Å². The predicted octanol–water partition coefficient (Wildman–Crippen LogP) is 3.71. The van der Waals surface area contributed by atoms with Gasteiger partial charge in [0.1, 0.15) is 5.69 Å². The average Bonchev–Trinajstić information content (AvgIpc) is 2.88. The van der Waals surface area contributed by atoms with Gasteiger partial charge in [0.25, 0.3) is 0 Å². The van der Waals surface area contributed by atoms with E-state index in [9.17, 15) is 4.79 Å². The van der Waals surface area contributed by atoms with Gasteiger partial charge in [0.15, 0.2) is 12.0 Å². The quantitative estimate of drug-likeness (QED) is 0.612. The summed E-state index contributed by atoms with van der Waals surface area (Å²) in [6.45, 7) is 6.13. The number of nitrogens with zero attached hydrogens (tertiary/aromatic N) is 1. The van der Waals surface area contributed by atoms with Crippen molar-refractivity contribution in [1.82, 2.24) is 4.57 Å². The maximum Gasteiger partial charge on any atom is 0.153 e. The average molecular weight is 250 g/mol. The molecule has 0 N–H and O–H groups in total. The van der Waals surface area contributed by atoms with Crippen LogP contribution in [0.3, 0.4) is 0 Å². The van der Waals surface area contributed by atoms with Gasteiger partial charge in [-0.05, 0) is 19.1 Å². The topological polar surface area (TPSA) is 35.1 Å². The van der Waals surface area contributed by atoms with Gasteiger partial charge < -0.3 is 8.98 Å². The number of allylic oxidation sites excluding steroid dienone is 1. The maximum atomic E-state index is 11.0. The van der Waals surface area contributed by atoms with Gasteiger partial charge in [0, 0.05) is 12.2 Å². The highest BCUT2D eigenvalue weighted by Gasteiger charge is 2.20. The number of aromatic nitrogens is 1. The number of furan rings is 1. The van der Waals surface area contributed by atoms with Crippen molar-refractivity contribution in [1.29, 1.82) is 0 Å². The van der Waals surface area contributed by atoms with Crippen molar-refractivity contribution in [3.05, 3.63) is 47.3 Å². The molecule has 2 rings (SSSR count). The zero-order chi connectivity index (χ0) is 12.4. The first-order valence-corrected chi connectivity index (χ1v) is 5.57. The Hall–Kier alpha value is -1.74. The van der Waals surface area contributed by atoms with Crippen molar-refractivity contribution < 1.29 is 9.21 Å². The molecule has 0 aliphatic heterocycles. The molecule has 4 heteroatoms. The van der Waals surface area contributed by atoms with Crippen LogP contribution in [0.2, 0.25) is 5.02 Å². The van der Waals surface area contributed by atoms with Gasteiger partial charge in [-0.3, -0.25) is 4.79 Å². The molecule has 0 unspecified atom stereocenters. The summed E-state index contributed by atoms with van der Waals surface area (Å²) in [5, 5.41) is 0.425. The minimum Gasteiger partial charge on any atom is -0.463 e. The van der Waals surface area contributed by atoms with E-state index in [1.807, 2.05) is 17.6 Å². The Balaban J connectivity index is 2.72. The molecule has 0 bridgehead atoms. The summed E-state index contributed by atoms with van der Waals surface area (Å²) in [6.07, 6.45) is 4.10. The SMILES string of the molecule is C=CCn1c(C)c(C=O)c(Cl)c1-c1ccco1. The second-order valence-corrected chi connectivity index (χ2v) is 4.03. The molecule has 0 aliphatic carbocycles. The molecule has 2 heterocycles. The molecular formula is C13H12ClNO2. The van der Waals surface area contributed by atoms with Gasteiger partial charge in [-0.15, -0.1) is 6.58 Å². The molecule has 0 radical (unpaired) electrons. The molecule has 0 aliphatic rings. The first-order chi connectivity index (χ1) is 8.20.